The van der Waals surface area contributed by atoms with Crippen molar-refractivity contribution >= 4 is 11.4 Å². The third kappa shape index (κ3) is 1.42. The predicted molar refractivity (Wildman–Crippen MR) is 98.5 cm³/mol. The van der Waals surface area contributed by atoms with Gasteiger partial charge in [0.1, 0.15) is 5.75 Å². The molecule has 2 aliphatic rings. The molecule has 1 heterocycles. The van der Waals surface area contributed by atoms with Crippen molar-refractivity contribution in [2.45, 2.75) is 12.3 Å². The van der Waals surface area contributed by atoms with E-state index in [2.05, 4.69) is 73.5 Å². The summed E-state index contributed by atoms with van der Waals surface area (Å²) in [5, 5.41) is 0. The zero-order valence-corrected chi connectivity index (χ0v) is 14.1. The fourth-order valence-electron chi connectivity index (χ4n) is 4.60. The molecule has 3 aromatic carbocycles. The molecule has 2 nitrogen and oxygen atoms in total. The monoisotopic (exact) mass is 313 g/mol. The van der Waals surface area contributed by atoms with Crippen molar-refractivity contribution in [1.29, 1.82) is 0 Å². The lowest BCUT2D eigenvalue weighted by atomic mass is 9.70. The molecule has 0 spiro atoms. The van der Waals surface area contributed by atoms with Gasteiger partial charge in [-0.15, -0.1) is 0 Å². The van der Waals surface area contributed by atoms with Gasteiger partial charge in [0.2, 0.25) is 0 Å². The second kappa shape index (κ2) is 4.41. The van der Waals surface area contributed by atoms with Crippen molar-refractivity contribution in [3.8, 4) is 16.9 Å². The van der Waals surface area contributed by atoms with Crippen LogP contribution in [0.25, 0.3) is 11.1 Å². The molecule has 0 radical (unpaired) electrons. The number of anilines is 2. The van der Waals surface area contributed by atoms with Crippen LogP contribution < -0.4 is 9.64 Å². The molecule has 0 saturated heterocycles. The number of rotatable bonds is 1. The van der Waals surface area contributed by atoms with E-state index in [-0.39, 0.29) is 5.41 Å². The SMILES string of the molecule is COc1ccc2c(c1)[C@@]1(C)c3ccccc3-c3cccc(c31)N2C. The van der Waals surface area contributed by atoms with Crippen LogP contribution in [0.2, 0.25) is 0 Å². The van der Waals surface area contributed by atoms with Crippen molar-refractivity contribution in [3.05, 3.63) is 77.4 Å². The van der Waals surface area contributed by atoms with E-state index in [0.29, 0.717) is 0 Å². The van der Waals surface area contributed by atoms with Gasteiger partial charge in [0, 0.05) is 23.8 Å². The predicted octanol–water partition coefficient (Wildman–Crippen LogP) is 5.11. The highest BCUT2D eigenvalue weighted by Crippen LogP contribution is 2.60. The van der Waals surface area contributed by atoms with E-state index in [1.807, 2.05) is 6.07 Å². The summed E-state index contributed by atoms with van der Waals surface area (Å²) in [7, 11) is 3.89. The maximum atomic E-state index is 5.53. The van der Waals surface area contributed by atoms with E-state index in [0.717, 1.165) is 5.75 Å². The van der Waals surface area contributed by atoms with Gasteiger partial charge in [0.25, 0.3) is 0 Å². The van der Waals surface area contributed by atoms with Crippen LogP contribution >= 0.6 is 0 Å². The molecule has 0 N–H and O–H groups in total. The number of hydrogen-bond donors (Lipinski definition) is 0. The van der Waals surface area contributed by atoms with Crippen LogP contribution in [-0.4, -0.2) is 14.2 Å². The molecule has 5 rings (SSSR count). The molecule has 0 bridgehead atoms. The molecule has 0 fully saturated rings. The van der Waals surface area contributed by atoms with Crippen molar-refractivity contribution in [1.82, 2.24) is 0 Å². The zero-order valence-electron chi connectivity index (χ0n) is 14.1. The minimum atomic E-state index is -0.140. The van der Waals surface area contributed by atoms with Crippen LogP contribution in [0.5, 0.6) is 5.75 Å². The van der Waals surface area contributed by atoms with Gasteiger partial charge in [-0.05, 0) is 59.0 Å². The molecule has 1 atom stereocenters. The Morgan fingerprint density at radius 1 is 0.833 bits per heavy atom. The smallest absolute Gasteiger partial charge is 0.119 e. The highest BCUT2D eigenvalue weighted by atomic mass is 16.5. The quantitative estimate of drug-likeness (QED) is 0.619. The molecular weight excluding hydrogens is 294 g/mol. The summed E-state index contributed by atoms with van der Waals surface area (Å²) >= 11 is 0. The van der Waals surface area contributed by atoms with E-state index in [1.165, 1.54) is 39.2 Å². The Kier molecular flexibility index (Phi) is 2.52. The van der Waals surface area contributed by atoms with Gasteiger partial charge in [0.15, 0.2) is 0 Å². The summed E-state index contributed by atoms with van der Waals surface area (Å²) in [6.45, 7) is 2.35. The second-order valence-electron chi connectivity index (χ2n) is 6.81. The molecule has 0 saturated carbocycles. The van der Waals surface area contributed by atoms with E-state index < -0.39 is 0 Å². The first kappa shape index (κ1) is 13.7. The van der Waals surface area contributed by atoms with Crippen LogP contribution in [0.15, 0.2) is 60.7 Å². The first-order valence-electron chi connectivity index (χ1n) is 8.32. The lowest BCUT2D eigenvalue weighted by Gasteiger charge is -2.40. The molecule has 2 heteroatoms. The number of hydrogen-bond acceptors (Lipinski definition) is 2. The molecule has 24 heavy (non-hydrogen) atoms. The standard InChI is InChI=1S/C22H19NO/c1-22-17-9-5-4-7-15(17)16-8-6-10-20(21(16)22)23(2)19-12-11-14(24-3)13-18(19)22/h4-13H,1-3H3/t22-/m1/s1. The average Bonchev–Trinajstić information content (AvgIpc) is 2.91. The van der Waals surface area contributed by atoms with E-state index in [9.17, 15) is 0 Å². The highest BCUT2D eigenvalue weighted by Gasteiger charge is 2.47. The van der Waals surface area contributed by atoms with Gasteiger partial charge in [-0.25, -0.2) is 0 Å². The van der Waals surface area contributed by atoms with E-state index in [4.69, 9.17) is 4.74 Å². The first-order chi connectivity index (χ1) is 11.7. The van der Waals surface area contributed by atoms with Gasteiger partial charge in [-0.2, -0.15) is 0 Å². The van der Waals surface area contributed by atoms with Gasteiger partial charge in [-0.3, -0.25) is 0 Å². The van der Waals surface area contributed by atoms with Crippen molar-refractivity contribution < 1.29 is 4.74 Å². The Labute approximate surface area is 142 Å². The van der Waals surface area contributed by atoms with Crippen LogP contribution in [0.3, 0.4) is 0 Å². The van der Waals surface area contributed by atoms with E-state index >= 15 is 0 Å². The van der Waals surface area contributed by atoms with Gasteiger partial charge >= 0.3 is 0 Å². The van der Waals surface area contributed by atoms with E-state index in [1.54, 1.807) is 7.11 Å². The molecule has 1 aliphatic carbocycles. The summed E-state index contributed by atoms with van der Waals surface area (Å²) in [5.41, 5.74) is 9.22. The fourth-order valence-corrected chi connectivity index (χ4v) is 4.60. The van der Waals surface area contributed by atoms with Gasteiger partial charge < -0.3 is 9.64 Å². The minimum Gasteiger partial charge on any atom is -0.497 e. The number of benzene rings is 3. The summed E-state index contributed by atoms with van der Waals surface area (Å²) in [5.74, 6) is 0.911. The lowest BCUT2D eigenvalue weighted by molar-refractivity contribution is 0.413. The number of fused-ring (bicyclic) bond motifs is 5. The molecule has 1 aliphatic heterocycles. The first-order valence-corrected chi connectivity index (χ1v) is 8.32. The molecule has 3 aromatic rings. The van der Waals surface area contributed by atoms with Crippen molar-refractivity contribution in [2.24, 2.45) is 0 Å². The summed E-state index contributed by atoms with van der Waals surface area (Å²) < 4.78 is 5.53. The maximum Gasteiger partial charge on any atom is 0.119 e. The molecular formula is C22H19NO. The Morgan fingerprint density at radius 3 is 2.46 bits per heavy atom. The summed E-state index contributed by atoms with van der Waals surface area (Å²) in [4.78, 5) is 2.31. The Hall–Kier alpha value is -2.74. The van der Waals surface area contributed by atoms with Gasteiger partial charge in [-0.1, -0.05) is 36.4 Å². The molecule has 0 aromatic heterocycles. The summed E-state index contributed by atoms with van der Waals surface area (Å²) in [6.07, 6.45) is 0. The average molecular weight is 313 g/mol. The van der Waals surface area contributed by atoms with Crippen LogP contribution in [0.4, 0.5) is 11.4 Å². The third-order valence-corrected chi connectivity index (χ3v) is 5.76. The molecule has 0 unspecified atom stereocenters. The van der Waals surface area contributed by atoms with Gasteiger partial charge in [0.05, 0.1) is 7.11 Å². The maximum absolute atomic E-state index is 5.53. The summed E-state index contributed by atoms with van der Waals surface area (Å²) in [6, 6.07) is 21.9. The highest BCUT2D eigenvalue weighted by molar-refractivity contribution is 5.93. The number of nitrogens with zero attached hydrogens (tertiary/aromatic N) is 1. The Morgan fingerprint density at radius 2 is 1.62 bits per heavy atom. The number of methoxy groups -OCH3 is 1. The van der Waals surface area contributed by atoms with Crippen molar-refractivity contribution in [2.75, 3.05) is 19.1 Å². The Balaban J connectivity index is 1.96. The third-order valence-electron chi connectivity index (χ3n) is 5.76. The van der Waals surface area contributed by atoms with Crippen LogP contribution in [-0.2, 0) is 5.41 Å². The van der Waals surface area contributed by atoms with Crippen LogP contribution in [0, 0.1) is 0 Å². The van der Waals surface area contributed by atoms with Crippen LogP contribution in [0.1, 0.15) is 23.6 Å². The molecule has 118 valence electrons. The number of ether oxygens (including phenoxy) is 1. The minimum absolute atomic E-state index is 0.140. The zero-order chi connectivity index (χ0) is 16.5. The lowest BCUT2D eigenvalue weighted by Crippen LogP contribution is -2.32. The van der Waals surface area contributed by atoms with Crippen molar-refractivity contribution in [3.63, 3.8) is 0 Å². The Bertz CT molecular complexity index is 991. The fraction of sp³-hybridized carbons (Fsp3) is 0.182. The topological polar surface area (TPSA) is 12.5 Å². The largest absolute Gasteiger partial charge is 0.497 e. The normalized spacial score (nSPS) is 19.5. The molecule has 0 amide bonds. The second-order valence-corrected chi connectivity index (χ2v) is 6.81.